The van der Waals surface area contributed by atoms with Crippen molar-refractivity contribution in [3.8, 4) is 0 Å². The second kappa shape index (κ2) is 7.85. The lowest BCUT2D eigenvalue weighted by atomic mass is 9.89. The van der Waals surface area contributed by atoms with Crippen molar-refractivity contribution in [3.05, 3.63) is 12.3 Å². The zero-order valence-electron chi connectivity index (χ0n) is 11.8. The van der Waals surface area contributed by atoms with Gasteiger partial charge in [0.1, 0.15) is 0 Å². The van der Waals surface area contributed by atoms with Crippen molar-refractivity contribution in [2.24, 2.45) is 5.92 Å². The second-order valence-corrected chi connectivity index (χ2v) is 6.30. The van der Waals surface area contributed by atoms with E-state index in [2.05, 4.69) is 22.5 Å². The fraction of sp³-hybridized carbons (Fsp3) is 0.800. The highest BCUT2D eigenvalue weighted by Gasteiger charge is 2.18. The summed E-state index contributed by atoms with van der Waals surface area (Å²) >= 11 is 5.40. The Hall–Kier alpha value is -0.610. The predicted octanol–water partition coefficient (Wildman–Crippen LogP) is 2.34. The monoisotopic (exact) mass is 281 g/mol. The lowest BCUT2D eigenvalue weighted by Crippen LogP contribution is -2.41. The molecule has 108 valence electrons. The van der Waals surface area contributed by atoms with Gasteiger partial charge in [-0.05, 0) is 38.1 Å². The molecule has 2 rings (SSSR count). The van der Waals surface area contributed by atoms with Crippen molar-refractivity contribution in [1.29, 1.82) is 0 Å². The van der Waals surface area contributed by atoms with Crippen LogP contribution in [0.2, 0.25) is 0 Å². The Kier molecular flexibility index (Phi) is 6.11. The maximum atomic E-state index is 5.40. The molecule has 2 aliphatic rings. The molecule has 2 fully saturated rings. The van der Waals surface area contributed by atoms with Crippen molar-refractivity contribution in [2.75, 3.05) is 19.6 Å². The van der Waals surface area contributed by atoms with Crippen molar-refractivity contribution in [1.82, 2.24) is 16.0 Å². The third-order valence-corrected chi connectivity index (χ3v) is 4.65. The molecule has 1 saturated carbocycles. The van der Waals surface area contributed by atoms with Gasteiger partial charge in [-0.15, -0.1) is 0 Å². The molecular weight excluding hydrogens is 254 g/mol. The van der Waals surface area contributed by atoms with Crippen LogP contribution in [0.5, 0.6) is 0 Å². The molecule has 1 aliphatic carbocycles. The molecule has 1 heterocycles. The highest BCUT2D eigenvalue weighted by Crippen LogP contribution is 2.22. The standard InChI is InChI=1S/C15H27N3S/c1-12(17-11-13-6-3-2-4-7-13)10-18-15(19)14-8-5-9-16-14/h13-14,16-17H,1-11H2,(H,18,19)/t14-/m0/s1. The normalized spacial score (nSPS) is 24.1. The van der Waals surface area contributed by atoms with E-state index in [1.807, 2.05) is 0 Å². The number of nitrogens with one attached hydrogen (secondary N) is 3. The topological polar surface area (TPSA) is 36.1 Å². The zero-order chi connectivity index (χ0) is 13.5. The molecule has 0 unspecified atom stereocenters. The van der Waals surface area contributed by atoms with Crippen molar-refractivity contribution < 1.29 is 0 Å². The largest absolute Gasteiger partial charge is 0.387 e. The minimum absolute atomic E-state index is 0.376. The first kappa shape index (κ1) is 14.8. The Bertz CT molecular complexity index is 305. The molecule has 3 N–H and O–H groups in total. The second-order valence-electron chi connectivity index (χ2n) is 5.86. The van der Waals surface area contributed by atoms with E-state index >= 15 is 0 Å². The molecule has 0 aromatic heterocycles. The highest BCUT2D eigenvalue weighted by atomic mass is 32.1. The van der Waals surface area contributed by atoms with E-state index in [4.69, 9.17) is 12.2 Å². The van der Waals surface area contributed by atoms with E-state index < -0.39 is 0 Å². The molecule has 4 heteroatoms. The molecule has 1 aliphatic heterocycles. The van der Waals surface area contributed by atoms with Crippen molar-refractivity contribution in [2.45, 2.75) is 51.0 Å². The van der Waals surface area contributed by atoms with Crippen molar-refractivity contribution in [3.63, 3.8) is 0 Å². The van der Waals surface area contributed by atoms with E-state index in [1.165, 1.54) is 38.5 Å². The fourth-order valence-corrected chi connectivity index (χ4v) is 3.24. The van der Waals surface area contributed by atoms with Crippen LogP contribution in [0.25, 0.3) is 0 Å². The Morgan fingerprint density at radius 1 is 1.11 bits per heavy atom. The van der Waals surface area contributed by atoms with Gasteiger partial charge in [-0.3, -0.25) is 0 Å². The van der Waals surface area contributed by atoms with Gasteiger partial charge in [0.15, 0.2) is 0 Å². The lowest BCUT2D eigenvalue weighted by molar-refractivity contribution is 0.350. The smallest absolute Gasteiger partial charge is 0.0928 e. The highest BCUT2D eigenvalue weighted by molar-refractivity contribution is 7.80. The molecule has 1 atom stereocenters. The molecule has 19 heavy (non-hydrogen) atoms. The minimum atomic E-state index is 0.376. The molecule has 0 radical (unpaired) electrons. The molecule has 0 spiro atoms. The van der Waals surface area contributed by atoms with E-state index in [-0.39, 0.29) is 0 Å². The van der Waals surface area contributed by atoms with Crippen molar-refractivity contribution >= 4 is 17.2 Å². The zero-order valence-corrected chi connectivity index (χ0v) is 12.7. The van der Waals surface area contributed by atoms with Crippen LogP contribution in [0.15, 0.2) is 12.3 Å². The van der Waals surface area contributed by atoms with Gasteiger partial charge >= 0.3 is 0 Å². The summed E-state index contributed by atoms with van der Waals surface area (Å²) in [6.45, 7) is 7.01. The van der Waals surface area contributed by atoms with Crippen LogP contribution in [0, 0.1) is 5.92 Å². The van der Waals surface area contributed by atoms with Gasteiger partial charge in [-0.2, -0.15) is 0 Å². The fourth-order valence-electron chi connectivity index (χ4n) is 2.97. The number of rotatable bonds is 6. The van der Waals surface area contributed by atoms with E-state index in [0.717, 1.165) is 42.7 Å². The Balaban J connectivity index is 1.57. The Labute approximate surface area is 122 Å². The van der Waals surface area contributed by atoms with E-state index in [0.29, 0.717) is 6.04 Å². The van der Waals surface area contributed by atoms with Gasteiger partial charge in [0.2, 0.25) is 0 Å². The summed E-state index contributed by atoms with van der Waals surface area (Å²) in [7, 11) is 0. The first-order chi connectivity index (χ1) is 9.25. The summed E-state index contributed by atoms with van der Waals surface area (Å²) in [6.07, 6.45) is 9.35. The summed E-state index contributed by atoms with van der Waals surface area (Å²) in [5.41, 5.74) is 1.06. The first-order valence-electron chi connectivity index (χ1n) is 7.68. The van der Waals surface area contributed by atoms with Gasteiger partial charge in [0.05, 0.1) is 17.6 Å². The SMILES string of the molecule is C=C(CNC(=S)[C@@H]1CCCN1)NCC1CCCCC1. The predicted molar refractivity (Wildman–Crippen MR) is 85.3 cm³/mol. The lowest BCUT2D eigenvalue weighted by Gasteiger charge is -2.23. The third kappa shape index (κ3) is 5.11. The third-order valence-electron chi connectivity index (χ3n) is 4.22. The molecule has 0 aromatic carbocycles. The van der Waals surface area contributed by atoms with Crippen LogP contribution in [0.3, 0.4) is 0 Å². The Morgan fingerprint density at radius 2 is 1.89 bits per heavy atom. The quantitative estimate of drug-likeness (QED) is 0.653. The van der Waals surface area contributed by atoms with Gasteiger partial charge in [0.25, 0.3) is 0 Å². The summed E-state index contributed by atoms with van der Waals surface area (Å²) < 4.78 is 0. The van der Waals surface area contributed by atoms with Crippen LogP contribution in [-0.4, -0.2) is 30.7 Å². The molecule has 0 aromatic rings. The van der Waals surface area contributed by atoms with Crippen LogP contribution in [-0.2, 0) is 0 Å². The maximum Gasteiger partial charge on any atom is 0.0928 e. The number of hydrogen-bond acceptors (Lipinski definition) is 3. The van der Waals surface area contributed by atoms with Gasteiger partial charge < -0.3 is 16.0 Å². The number of hydrogen-bond donors (Lipinski definition) is 3. The molecule has 0 bridgehead atoms. The molecule has 1 saturated heterocycles. The average molecular weight is 281 g/mol. The summed E-state index contributed by atoms with van der Waals surface area (Å²) in [5.74, 6) is 0.842. The summed E-state index contributed by atoms with van der Waals surface area (Å²) in [5, 5.41) is 10.2. The average Bonchev–Trinajstić information content (AvgIpc) is 2.98. The van der Waals surface area contributed by atoms with E-state index in [1.54, 1.807) is 0 Å². The Morgan fingerprint density at radius 3 is 2.58 bits per heavy atom. The van der Waals surface area contributed by atoms with Gasteiger partial charge in [-0.25, -0.2) is 0 Å². The first-order valence-corrected chi connectivity index (χ1v) is 8.09. The maximum absolute atomic E-state index is 5.40. The van der Waals surface area contributed by atoms with Crippen LogP contribution < -0.4 is 16.0 Å². The van der Waals surface area contributed by atoms with E-state index in [9.17, 15) is 0 Å². The molecule has 0 amide bonds. The molecule has 3 nitrogen and oxygen atoms in total. The number of thiocarbonyl (C=S) groups is 1. The van der Waals surface area contributed by atoms with Crippen LogP contribution in [0.1, 0.15) is 44.9 Å². The van der Waals surface area contributed by atoms with Gasteiger partial charge in [-0.1, -0.05) is 38.1 Å². The summed E-state index contributed by atoms with van der Waals surface area (Å²) in [4.78, 5) is 0.943. The van der Waals surface area contributed by atoms with Gasteiger partial charge in [0, 0.05) is 12.2 Å². The minimum Gasteiger partial charge on any atom is -0.387 e. The van der Waals surface area contributed by atoms with Crippen LogP contribution in [0.4, 0.5) is 0 Å². The summed E-state index contributed by atoms with van der Waals surface area (Å²) in [6, 6.07) is 0.376. The van der Waals surface area contributed by atoms with Crippen LogP contribution >= 0.6 is 12.2 Å². The molecular formula is C15H27N3S.